The van der Waals surface area contributed by atoms with E-state index in [2.05, 4.69) is 220 Å². The van der Waals surface area contributed by atoms with Gasteiger partial charge in [-0.2, -0.15) is 18.2 Å². The summed E-state index contributed by atoms with van der Waals surface area (Å²) in [6, 6.07) is 60.2. The maximum atomic E-state index is 6.63. The van der Waals surface area contributed by atoms with E-state index in [9.17, 15) is 0 Å². The number of ether oxygens (including phenoxy) is 1. The summed E-state index contributed by atoms with van der Waals surface area (Å²) in [5.41, 5.74) is 9.22. The number of aromatic nitrogens is 4. The van der Waals surface area contributed by atoms with Gasteiger partial charge in [0, 0.05) is 61.3 Å². The van der Waals surface area contributed by atoms with Crippen molar-refractivity contribution >= 4 is 21.8 Å². The van der Waals surface area contributed by atoms with Crippen LogP contribution in [0.3, 0.4) is 0 Å². The maximum Gasteiger partial charge on any atom is 0.267 e. The van der Waals surface area contributed by atoms with Crippen LogP contribution in [0, 0.1) is 18.5 Å². The number of imidazole rings is 1. The first kappa shape index (κ1) is 40.7. The van der Waals surface area contributed by atoms with Crippen molar-refractivity contribution in [3.63, 3.8) is 0 Å². The van der Waals surface area contributed by atoms with Crippen molar-refractivity contribution in [3.8, 4) is 28.7 Å². The summed E-state index contributed by atoms with van der Waals surface area (Å²) < 4.78 is 13.0. The smallest absolute Gasteiger partial charge is 0.267 e. The molecule has 60 heavy (non-hydrogen) atoms. The first-order chi connectivity index (χ1) is 28.4. The van der Waals surface area contributed by atoms with Crippen LogP contribution in [0.25, 0.3) is 39.0 Å². The molecule has 0 saturated heterocycles. The molecule has 6 aromatic carbocycles. The summed E-state index contributed by atoms with van der Waals surface area (Å²) in [6.45, 7) is 15.8. The molecular weight excluding hydrogens is 916 g/mol. The Labute approximate surface area is 368 Å². The molecule has 0 aliphatic rings. The van der Waals surface area contributed by atoms with Gasteiger partial charge in [-0.25, -0.2) is 4.98 Å². The fourth-order valence-electron chi connectivity index (χ4n) is 8.12. The summed E-state index contributed by atoms with van der Waals surface area (Å²) in [5.74, 6) is 2.03. The van der Waals surface area contributed by atoms with E-state index in [4.69, 9.17) is 9.72 Å². The van der Waals surface area contributed by atoms with Crippen molar-refractivity contribution in [3.05, 3.63) is 210 Å². The molecule has 0 aliphatic carbocycles. The molecule has 6 heteroatoms. The second kappa shape index (κ2) is 15.9. The average molecular weight is 964 g/mol. The molecule has 3 heterocycles. The van der Waals surface area contributed by atoms with E-state index in [1.54, 1.807) is 0 Å². The number of nitrogens with zero attached hydrogens (tertiary/aromatic N) is 4. The number of hydrogen-bond acceptors (Lipinski definition) is 2. The van der Waals surface area contributed by atoms with E-state index in [0.717, 1.165) is 44.7 Å². The maximum absolute atomic E-state index is 6.63. The van der Waals surface area contributed by atoms with Crippen LogP contribution in [0.5, 0.6) is 11.5 Å². The Hall–Kier alpha value is -6.03. The molecule has 0 unspecified atom stereocenters. The molecule has 9 aromatic rings. The Kier molecular flexibility index (Phi) is 10.8. The standard InChI is InChI=1S/C54H48N4O.Pt/c1-52(2,3)40-30-31-55-51(33-40)58-48-27-15-14-26-46(48)47-29-28-45(35-49(47)58)59-44-25-17-24-43(34-44)57-37-56(36-50(57)54(6,7)39-20-12-9-13-21-39)42-23-16-22-41(32-42)53(4,5)38-18-10-8-11-19-38;/h8-33,36H,1-7H3;/q-2;. The molecule has 0 spiro atoms. The number of pyridine rings is 1. The van der Waals surface area contributed by atoms with Crippen LogP contribution in [-0.2, 0) is 37.3 Å². The third kappa shape index (κ3) is 7.52. The molecular formula is C54H48N4OPt-2. The van der Waals surface area contributed by atoms with Crippen LogP contribution in [0.15, 0.2) is 164 Å². The van der Waals surface area contributed by atoms with Crippen molar-refractivity contribution in [2.75, 3.05) is 0 Å². The summed E-state index contributed by atoms with van der Waals surface area (Å²) in [7, 11) is 0. The van der Waals surface area contributed by atoms with Crippen LogP contribution in [0.1, 0.15) is 76.4 Å². The van der Waals surface area contributed by atoms with E-state index in [1.165, 1.54) is 22.3 Å². The van der Waals surface area contributed by atoms with Crippen molar-refractivity contribution < 1.29 is 30.4 Å². The van der Waals surface area contributed by atoms with E-state index < -0.39 is 0 Å². The monoisotopic (exact) mass is 963 g/mol. The number of rotatable bonds is 9. The van der Waals surface area contributed by atoms with Crippen LogP contribution in [0.2, 0.25) is 0 Å². The quantitative estimate of drug-likeness (QED) is 0.107. The Balaban J connectivity index is 0.00000499. The van der Waals surface area contributed by atoms with Crippen LogP contribution < -0.4 is 9.30 Å². The van der Waals surface area contributed by atoms with Gasteiger partial charge in [0.15, 0.2) is 0 Å². The molecule has 0 amide bonds. The zero-order valence-electron chi connectivity index (χ0n) is 35.1. The van der Waals surface area contributed by atoms with Gasteiger partial charge in [-0.05, 0) is 69.1 Å². The van der Waals surface area contributed by atoms with Crippen LogP contribution in [0.4, 0.5) is 0 Å². The summed E-state index contributed by atoms with van der Waals surface area (Å²) >= 11 is 0. The van der Waals surface area contributed by atoms with Crippen LogP contribution in [-0.4, -0.2) is 14.1 Å². The molecule has 302 valence electrons. The Morgan fingerprint density at radius 3 is 1.95 bits per heavy atom. The fraction of sp³-hybridized carbons (Fsp3) is 0.185. The van der Waals surface area contributed by atoms with E-state index >= 15 is 0 Å². The molecule has 5 nitrogen and oxygen atoms in total. The topological polar surface area (TPSA) is 35.9 Å². The summed E-state index contributed by atoms with van der Waals surface area (Å²) in [5, 5.41) is 2.23. The minimum atomic E-state index is -0.376. The molecule has 0 N–H and O–H groups in total. The molecule has 0 radical (unpaired) electrons. The third-order valence-corrected chi connectivity index (χ3v) is 11.8. The van der Waals surface area contributed by atoms with E-state index in [-0.39, 0.29) is 37.3 Å². The zero-order chi connectivity index (χ0) is 40.9. The van der Waals surface area contributed by atoms with Gasteiger partial charge in [0.25, 0.3) is 6.33 Å². The van der Waals surface area contributed by atoms with Crippen molar-refractivity contribution in [2.45, 2.75) is 64.7 Å². The Morgan fingerprint density at radius 1 is 0.567 bits per heavy atom. The molecule has 0 aliphatic heterocycles. The first-order valence-corrected chi connectivity index (χ1v) is 20.3. The molecule has 0 bridgehead atoms. The number of fused-ring (bicyclic) bond motifs is 3. The SMILES string of the molecule is CC(C)(C)c1ccnc(-n2c3[c-]c(Oc4[c-]c(-n5[c-][n+](-c6cccc(C(C)(C)c7ccccc7)c6)cc5C(C)(C)c5ccccc5)ccc4)ccc3c3ccccc32)c1.[Pt]. The Morgan fingerprint density at radius 2 is 1.22 bits per heavy atom. The second-order valence-corrected chi connectivity index (χ2v) is 17.4. The van der Waals surface area contributed by atoms with Gasteiger partial charge in [-0.15, -0.1) is 29.7 Å². The number of benzene rings is 6. The minimum Gasteiger partial charge on any atom is -0.510 e. The van der Waals surface area contributed by atoms with Crippen molar-refractivity contribution in [2.24, 2.45) is 0 Å². The minimum absolute atomic E-state index is 0. The van der Waals surface area contributed by atoms with Gasteiger partial charge in [-0.3, -0.25) is 4.57 Å². The Bertz CT molecular complexity index is 2950. The normalized spacial score (nSPS) is 12.1. The largest absolute Gasteiger partial charge is 0.510 e. The molecule has 9 rings (SSSR count). The van der Waals surface area contributed by atoms with E-state index in [0.29, 0.717) is 11.5 Å². The molecule has 0 saturated carbocycles. The van der Waals surface area contributed by atoms with Gasteiger partial charge in [-0.1, -0.05) is 145 Å². The van der Waals surface area contributed by atoms with Gasteiger partial charge >= 0.3 is 0 Å². The summed E-state index contributed by atoms with van der Waals surface area (Å²) in [6.07, 6.45) is 7.81. The number of hydrogen-bond donors (Lipinski definition) is 0. The fourth-order valence-corrected chi connectivity index (χ4v) is 8.12. The van der Waals surface area contributed by atoms with E-state index in [1.807, 2.05) is 24.4 Å². The predicted molar refractivity (Wildman–Crippen MR) is 238 cm³/mol. The molecule has 0 atom stereocenters. The van der Waals surface area contributed by atoms with Gasteiger partial charge < -0.3 is 13.9 Å². The summed E-state index contributed by atoms with van der Waals surface area (Å²) in [4.78, 5) is 4.85. The van der Waals surface area contributed by atoms with Gasteiger partial charge in [0.2, 0.25) is 0 Å². The average Bonchev–Trinajstić information content (AvgIpc) is 3.85. The van der Waals surface area contributed by atoms with Crippen molar-refractivity contribution in [1.82, 2.24) is 14.1 Å². The molecule has 3 aromatic heterocycles. The zero-order valence-corrected chi connectivity index (χ0v) is 37.4. The first-order valence-electron chi connectivity index (χ1n) is 20.3. The predicted octanol–water partition coefficient (Wildman–Crippen LogP) is 12.4. The number of para-hydroxylation sites is 1. The second-order valence-electron chi connectivity index (χ2n) is 17.4. The van der Waals surface area contributed by atoms with Crippen LogP contribution >= 0.6 is 0 Å². The van der Waals surface area contributed by atoms with Gasteiger partial charge in [0.1, 0.15) is 5.82 Å². The third-order valence-electron chi connectivity index (χ3n) is 11.8. The molecule has 0 fully saturated rings. The van der Waals surface area contributed by atoms with Gasteiger partial charge in [0.05, 0.1) is 11.4 Å². The van der Waals surface area contributed by atoms with Crippen molar-refractivity contribution in [1.29, 1.82) is 0 Å².